The molecule has 1 aromatic rings. The molecule has 1 aliphatic rings. The number of likely N-dealkylation sites (tertiary alicyclic amines) is 1. The predicted octanol–water partition coefficient (Wildman–Crippen LogP) is 1.60. The number of amides is 1. The van der Waals surface area contributed by atoms with Gasteiger partial charge in [0.25, 0.3) is 0 Å². The van der Waals surface area contributed by atoms with Gasteiger partial charge in [-0.2, -0.15) is 0 Å². The normalized spacial score (nSPS) is 18.6. The summed E-state index contributed by atoms with van der Waals surface area (Å²) < 4.78 is 5.32. The summed E-state index contributed by atoms with van der Waals surface area (Å²) in [7, 11) is 1.79. The average Bonchev–Trinajstić information content (AvgIpc) is 2.69. The molecule has 1 amide bonds. The highest BCUT2D eigenvalue weighted by molar-refractivity contribution is 5.81. The van der Waals surface area contributed by atoms with Crippen molar-refractivity contribution < 1.29 is 9.21 Å². The lowest BCUT2D eigenvalue weighted by molar-refractivity contribution is -0.135. The molecule has 1 saturated heterocycles. The largest absolute Gasteiger partial charge is 0.424 e. The van der Waals surface area contributed by atoms with E-state index in [9.17, 15) is 4.79 Å². The first-order valence-electron chi connectivity index (χ1n) is 7.36. The van der Waals surface area contributed by atoms with Gasteiger partial charge < -0.3 is 9.32 Å². The Kier molecular flexibility index (Phi) is 5.11. The maximum absolute atomic E-state index is 12.5. The molecular formula is C14H24N4O2. The van der Waals surface area contributed by atoms with Crippen molar-refractivity contribution >= 4 is 5.91 Å². The maximum Gasteiger partial charge on any atom is 0.239 e. The van der Waals surface area contributed by atoms with Gasteiger partial charge in [-0.15, -0.1) is 10.2 Å². The van der Waals surface area contributed by atoms with Gasteiger partial charge in [-0.3, -0.25) is 9.69 Å². The third-order valence-corrected chi connectivity index (χ3v) is 3.86. The van der Waals surface area contributed by atoms with Gasteiger partial charge >= 0.3 is 0 Å². The number of aromatic nitrogens is 2. The number of carbonyl (C=O) groups is 1. The minimum atomic E-state index is -0.0814. The fraction of sp³-hybridized carbons (Fsp3) is 0.786. The second-order valence-corrected chi connectivity index (χ2v) is 5.54. The minimum Gasteiger partial charge on any atom is -0.424 e. The second-order valence-electron chi connectivity index (χ2n) is 5.54. The Bertz CT molecular complexity index is 438. The van der Waals surface area contributed by atoms with Gasteiger partial charge in [0.2, 0.25) is 17.7 Å². The summed E-state index contributed by atoms with van der Waals surface area (Å²) in [4.78, 5) is 16.4. The molecular weight excluding hydrogens is 256 g/mol. The molecule has 0 N–H and O–H groups in total. The maximum atomic E-state index is 12.5. The summed E-state index contributed by atoms with van der Waals surface area (Å²) in [5, 5.41) is 7.71. The van der Waals surface area contributed by atoms with E-state index in [2.05, 4.69) is 15.1 Å². The fourth-order valence-corrected chi connectivity index (χ4v) is 2.64. The van der Waals surface area contributed by atoms with E-state index in [-0.39, 0.29) is 11.9 Å². The van der Waals surface area contributed by atoms with Crippen LogP contribution in [-0.4, -0.2) is 52.1 Å². The van der Waals surface area contributed by atoms with Crippen molar-refractivity contribution in [1.29, 1.82) is 0 Å². The van der Waals surface area contributed by atoms with Crippen molar-refractivity contribution in [2.45, 2.75) is 52.1 Å². The van der Waals surface area contributed by atoms with Crippen molar-refractivity contribution in [3.05, 3.63) is 11.8 Å². The summed E-state index contributed by atoms with van der Waals surface area (Å²) in [6.45, 7) is 6.14. The van der Waals surface area contributed by atoms with Crippen molar-refractivity contribution in [1.82, 2.24) is 20.0 Å². The standard InChI is InChI=1S/C14H24N4O2/c1-11(18-8-6-4-5-7-9-18)14(19)17(3)10-13-16-15-12(2)20-13/h11H,4-10H2,1-3H3. The van der Waals surface area contributed by atoms with E-state index in [1.54, 1.807) is 18.9 Å². The monoisotopic (exact) mass is 280 g/mol. The molecule has 20 heavy (non-hydrogen) atoms. The molecule has 6 heteroatoms. The van der Waals surface area contributed by atoms with E-state index in [0.29, 0.717) is 18.3 Å². The van der Waals surface area contributed by atoms with Crippen molar-refractivity contribution in [2.24, 2.45) is 0 Å². The molecule has 0 spiro atoms. The summed E-state index contributed by atoms with van der Waals surface area (Å²) in [6.07, 6.45) is 4.91. The lowest BCUT2D eigenvalue weighted by Gasteiger charge is -2.29. The average molecular weight is 280 g/mol. The highest BCUT2D eigenvalue weighted by atomic mass is 16.4. The van der Waals surface area contributed by atoms with E-state index in [1.165, 1.54) is 25.7 Å². The topological polar surface area (TPSA) is 62.5 Å². The van der Waals surface area contributed by atoms with E-state index in [1.807, 2.05) is 6.92 Å². The van der Waals surface area contributed by atoms with Gasteiger partial charge in [-0.05, 0) is 32.9 Å². The van der Waals surface area contributed by atoms with Gasteiger partial charge in [-0.1, -0.05) is 12.8 Å². The zero-order valence-electron chi connectivity index (χ0n) is 12.6. The molecule has 2 heterocycles. The zero-order chi connectivity index (χ0) is 14.5. The molecule has 0 radical (unpaired) electrons. The number of aryl methyl sites for hydroxylation is 1. The van der Waals surface area contributed by atoms with Gasteiger partial charge in [0.05, 0.1) is 12.6 Å². The first-order chi connectivity index (χ1) is 9.58. The molecule has 1 aliphatic heterocycles. The van der Waals surface area contributed by atoms with Crippen LogP contribution in [0.2, 0.25) is 0 Å². The molecule has 112 valence electrons. The lowest BCUT2D eigenvalue weighted by Crippen LogP contribution is -2.46. The smallest absolute Gasteiger partial charge is 0.239 e. The molecule has 0 aromatic carbocycles. The van der Waals surface area contributed by atoms with E-state index in [0.717, 1.165) is 13.1 Å². The highest BCUT2D eigenvalue weighted by Gasteiger charge is 2.25. The van der Waals surface area contributed by atoms with Gasteiger partial charge in [-0.25, -0.2) is 0 Å². The van der Waals surface area contributed by atoms with E-state index in [4.69, 9.17) is 4.42 Å². The molecule has 0 saturated carbocycles. The van der Waals surface area contributed by atoms with Crippen LogP contribution in [0.4, 0.5) is 0 Å². The van der Waals surface area contributed by atoms with Crippen LogP contribution in [-0.2, 0) is 11.3 Å². The van der Waals surface area contributed by atoms with Crippen molar-refractivity contribution in [2.75, 3.05) is 20.1 Å². The summed E-state index contributed by atoms with van der Waals surface area (Å²) in [6, 6.07) is -0.0814. The van der Waals surface area contributed by atoms with Crippen LogP contribution >= 0.6 is 0 Å². The first-order valence-corrected chi connectivity index (χ1v) is 7.36. The Morgan fingerprint density at radius 1 is 1.30 bits per heavy atom. The molecule has 1 unspecified atom stereocenters. The predicted molar refractivity (Wildman–Crippen MR) is 75.0 cm³/mol. The van der Waals surface area contributed by atoms with Crippen molar-refractivity contribution in [3.63, 3.8) is 0 Å². The third-order valence-electron chi connectivity index (χ3n) is 3.86. The molecule has 1 aromatic heterocycles. The van der Waals surface area contributed by atoms with Gasteiger partial charge in [0, 0.05) is 14.0 Å². The van der Waals surface area contributed by atoms with Crippen LogP contribution in [0.25, 0.3) is 0 Å². The number of hydrogen-bond donors (Lipinski definition) is 0. The number of carbonyl (C=O) groups excluding carboxylic acids is 1. The van der Waals surface area contributed by atoms with Crippen LogP contribution in [0, 0.1) is 6.92 Å². The van der Waals surface area contributed by atoms with E-state index < -0.39 is 0 Å². The summed E-state index contributed by atoms with van der Waals surface area (Å²) in [5.41, 5.74) is 0. The van der Waals surface area contributed by atoms with Crippen LogP contribution in [0.15, 0.2) is 4.42 Å². The second kappa shape index (κ2) is 6.83. The van der Waals surface area contributed by atoms with Crippen LogP contribution < -0.4 is 0 Å². The zero-order valence-corrected chi connectivity index (χ0v) is 12.6. The molecule has 0 bridgehead atoms. The minimum absolute atomic E-state index is 0.0814. The van der Waals surface area contributed by atoms with Gasteiger partial charge in [0.1, 0.15) is 0 Å². The highest BCUT2D eigenvalue weighted by Crippen LogP contribution is 2.14. The number of hydrogen-bond acceptors (Lipinski definition) is 5. The molecule has 1 atom stereocenters. The Hall–Kier alpha value is -1.43. The van der Waals surface area contributed by atoms with Crippen LogP contribution in [0.1, 0.15) is 44.4 Å². The summed E-state index contributed by atoms with van der Waals surface area (Å²) in [5.74, 6) is 1.13. The Balaban J connectivity index is 1.91. The Morgan fingerprint density at radius 3 is 2.50 bits per heavy atom. The van der Waals surface area contributed by atoms with Crippen LogP contribution in [0.5, 0.6) is 0 Å². The number of nitrogens with zero attached hydrogens (tertiary/aromatic N) is 4. The Morgan fingerprint density at radius 2 is 1.95 bits per heavy atom. The quantitative estimate of drug-likeness (QED) is 0.838. The van der Waals surface area contributed by atoms with Crippen LogP contribution in [0.3, 0.4) is 0 Å². The van der Waals surface area contributed by atoms with Gasteiger partial charge in [0.15, 0.2) is 0 Å². The number of likely N-dealkylation sites (N-methyl/N-ethyl adjacent to an activating group) is 1. The molecule has 1 fully saturated rings. The van der Waals surface area contributed by atoms with Crippen molar-refractivity contribution in [3.8, 4) is 0 Å². The summed E-state index contributed by atoms with van der Waals surface area (Å²) >= 11 is 0. The first kappa shape index (κ1) is 15.0. The SMILES string of the molecule is Cc1nnc(CN(C)C(=O)C(C)N2CCCCCC2)o1. The van der Waals surface area contributed by atoms with E-state index >= 15 is 0 Å². The molecule has 6 nitrogen and oxygen atoms in total. The molecule has 0 aliphatic carbocycles. The fourth-order valence-electron chi connectivity index (χ4n) is 2.64. The Labute approximate surface area is 120 Å². The lowest BCUT2D eigenvalue weighted by atomic mass is 10.2. The third kappa shape index (κ3) is 3.79. The molecule has 2 rings (SSSR count). The number of rotatable bonds is 4.